The van der Waals surface area contributed by atoms with E-state index in [0.29, 0.717) is 31.6 Å². The monoisotopic (exact) mass is 1240 g/mol. The van der Waals surface area contributed by atoms with Crippen LogP contribution in [0.4, 0.5) is 0 Å². The van der Waals surface area contributed by atoms with Crippen molar-refractivity contribution in [3.05, 3.63) is 11.6 Å². The van der Waals surface area contributed by atoms with Crippen LogP contribution < -0.4 is 0 Å². The largest absolute Gasteiger partial charge is 0.397 e. The number of aliphatic hydroxyl groups is 13. The van der Waals surface area contributed by atoms with Gasteiger partial charge in [-0.15, -0.1) is 0 Å². The first-order valence-electron chi connectivity index (χ1n) is 30.4. The van der Waals surface area contributed by atoms with Crippen LogP contribution in [0.25, 0.3) is 0 Å². The smallest absolute Gasteiger partial charge is 0.393 e. The molecule has 35 unspecified atom stereocenters. The third-order valence-electron chi connectivity index (χ3n) is 20.8. The van der Waals surface area contributed by atoms with Crippen LogP contribution in [0.5, 0.6) is 0 Å². The van der Waals surface area contributed by atoms with Crippen molar-refractivity contribution in [3.8, 4) is 0 Å². The molecule has 85 heavy (non-hydrogen) atoms. The fraction of sp³-hybridized carbons (Fsp3) is 0.965. The highest BCUT2D eigenvalue weighted by atomic mass is 32.3. The number of fused-ring (bicyclic) bond motifs is 5. The van der Waals surface area contributed by atoms with Gasteiger partial charge in [-0.1, -0.05) is 52.2 Å². The molecule has 9 aliphatic rings. The molecule has 0 aromatic rings. The van der Waals surface area contributed by atoms with Crippen molar-refractivity contribution in [2.45, 2.75) is 304 Å². The van der Waals surface area contributed by atoms with Gasteiger partial charge in [0, 0.05) is 5.92 Å². The minimum Gasteiger partial charge on any atom is -0.393 e. The summed E-state index contributed by atoms with van der Waals surface area (Å²) in [4.78, 5) is 0. The molecule has 27 nitrogen and oxygen atoms in total. The zero-order chi connectivity index (χ0) is 62.5. The molecule has 0 aromatic carbocycles. The van der Waals surface area contributed by atoms with Crippen molar-refractivity contribution < 1.29 is 131 Å². The van der Waals surface area contributed by atoms with Crippen LogP contribution in [0.2, 0.25) is 0 Å². The minimum absolute atomic E-state index is 0.0943. The Labute approximate surface area is 496 Å². The first-order valence-corrected chi connectivity index (χ1v) is 31.7. The van der Waals surface area contributed by atoms with Crippen molar-refractivity contribution in [1.82, 2.24) is 0 Å². The maximum Gasteiger partial charge on any atom is 0.397 e. The molecule has 8 fully saturated rings. The Bertz CT molecular complexity index is 2390. The molecule has 9 rings (SSSR count). The quantitative estimate of drug-likeness (QED) is 0.0584. The number of aliphatic hydroxyl groups excluding tert-OH is 12. The lowest BCUT2D eigenvalue weighted by atomic mass is 9.47. The summed E-state index contributed by atoms with van der Waals surface area (Å²) in [6, 6.07) is 0. The van der Waals surface area contributed by atoms with Gasteiger partial charge in [0.1, 0.15) is 91.6 Å². The lowest BCUT2D eigenvalue weighted by Gasteiger charge is -2.60. The Kier molecular flexibility index (Phi) is 20.8. The summed E-state index contributed by atoms with van der Waals surface area (Å²) < 4.78 is 101. The molecule has 0 aromatic heterocycles. The van der Waals surface area contributed by atoms with Gasteiger partial charge in [0.25, 0.3) is 0 Å². The molecule has 492 valence electrons. The highest BCUT2D eigenvalue weighted by Gasteiger charge is 2.66. The number of allylic oxidation sites excluding steroid dienone is 2. The van der Waals surface area contributed by atoms with E-state index >= 15 is 0 Å². The maximum absolute atomic E-state index is 12.5. The molecule has 3 saturated carbocycles. The topological polar surface area (TPSA) is 419 Å². The minimum atomic E-state index is -4.88. The number of hydrogen-bond donors (Lipinski definition) is 14. The lowest BCUT2D eigenvalue weighted by molar-refractivity contribution is -0.406. The van der Waals surface area contributed by atoms with E-state index in [-0.39, 0.29) is 31.1 Å². The summed E-state index contributed by atoms with van der Waals surface area (Å²) >= 11 is 0. The van der Waals surface area contributed by atoms with E-state index in [9.17, 15) is 79.4 Å². The number of hydrogen-bond acceptors (Lipinski definition) is 26. The normalized spacial score (nSPS) is 53.1. The van der Waals surface area contributed by atoms with Crippen molar-refractivity contribution in [3.63, 3.8) is 0 Å². The van der Waals surface area contributed by atoms with E-state index in [2.05, 4.69) is 33.8 Å². The molecule has 4 aliphatic carbocycles. The van der Waals surface area contributed by atoms with Crippen LogP contribution in [0, 0.1) is 40.4 Å². The van der Waals surface area contributed by atoms with Crippen molar-refractivity contribution in [1.29, 1.82) is 0 Å². The van der Waals surface area contributed by atoms with Crippen LogP contribution in [0.1, 0.15) is 127 Å². The summed E-state index contributed by atoms with van der Waals surface area (Å²) in [5.41, 5.74) is -1.32. The van der Waals surface area contributed by atoms with E-state index in [1.54, 1.807) is 0 Å². The Morgan fingerprint density at radius 2 is 1.06 bits per heavy atom. The van der Waals surface area contributed by atoms with Gasteiger partial charge in [-0.25, -0.2) is 4.18 Å². The van der Waals surface area contributed by atoms with E-state index in [1.165, 1.54) is 34.6 Å². The Morgan fingerprint density at radius 1 is 0.576 bits per heavy atom. The van der Waals surface area contributed by atoms with Gasteiger partial charge in [0.2, 0.25) is 0 Å². The second-order valence-electron chi connectivity index (χ2n) is 27.2. The van der Waals surface area contributed by atoms with Crippen LogP contribution in [-0.2, 0) is 62.0 Å². The molecule has 5 saturated heterocycles. The lowest BCUT2D eigenvalue weighted by Crippen LogP contribution is -2.68. The van der Waals surface area contributed by atoms with Gasteiger partial charge in [-0.2, -0.15) is 8.42 Å². The molecule has 5 heterocycles. The summed E-state index contributed by atoms with van der Waals surface area (Å²) in [7, 11) is -4.88. The fourth-order valence-corrected chi connectivity index (χ4v) is 16.6. The van der Waals surface area contributed by atoms with Crippen LogP contribution in [0.15, 0.2) is 11.6 Å². The Balaban J connectivity index is 0.995. The predicted molar refractivity (Wildman–Crippen MR) is 290 cm³/mol. The molecular formula is C57H96O27S. The predicted octanol–water partition coefficient (Wildman–Crippen LogP) is -1.47. The van der Waals surface area contributed by atoms with Crippen molar-refractivity contribution >= 4 is 10.4 Å². The molecule has 5 aliphatic heterocycles. The van der Waals surface area contributed by atoms with Gasteiger partial charge >= 0.3 is 10.4 Å². The standard InChI is InChI=1S/C57H96O27S/c1-21(2)12-11-15-57(10,70)49-32(58)20-30-28-19-33(31-18-27(84-85(71,72)73)13-16-55(31,8)29(28)14-17-56(30,49)9)79-52-44(69)46(37(62)25(6)76-52)81-54-48(83-51-42(67)39(64)35(60)23(4)75-51)43(68)45(26(7)78-54)80-53-47(40(65)36(61)24(5)77-53)82-50-41(66)38(63)34(59)22(3)74-50/h14,21-28,30-54,58-70H,11-13,15-20H2,1-10H3,(H,71,72,73). The van der Waals surface area contributed by atoms with Gasteiger partial charge in [0.05, 0.1) is 54.4 Å². The molecule has 0 amide bonds. The second-order valence-corrected chi connectivity index (χ2v) is 28.3. The van der Waals surface area contributed by atoms with E-state index < -0.39 is 211 Å². The third-order valence-corrected chi connectivity index (χ3v) is 21.3. The molecule has 28 heteroatoms. The summed E-state index contributed by atoms with van der Waals surface area (Å²) in [6.07, 6.45) is -37.1. The van der Waals surface area contributed by atoms with E-state index in [0.717, 1.165) is 18.4 Å². The van der Waals surface area contributed by atoms with E-state index in [4.69, 9.17) is 51.6 Å². The first kappa shape index (κ1) is 68.1. The molecular weight excluding hydrogens is 1150 g/mol. The fourth-order valence-electron chi connectivity index (χ4n) is 16.1. The zero-order valence-electron chi connectivity index (χ0n) is 50.0. The highest BCUT2D eigenvalue weighted by molar-refractivity contribution is 7.80. The Morgan fingerprint density at radius 3 is 1.61 bits per heavy atom. The summed E-state index contributed by atoms with van der Waals surface area (Å²) in [5.74, 6) is -0.937. The highest BCUT2D eigenvalue weighted by Crippen LogP contribution is 2.67. The van der Waals surface area contributed by atoms with Crippen LogP contribution in [0.3, 0.4) is 0 Å². The van der Waals surface area contributed by atoms with Gasteiger partial charge in [0.15, 0.2) is 31.5 Å². The summed E-state index contributed by atoms with van der Waals surface area (Å²) in [5, 5.41) is 148. The zero-order valence-corrected chi connectivity index (χ0v) is 50.8. The second kappa shape index (κ2) is 26.0. The average Bonchev–Trinajstić information content (AvgIpc) is 1.74. The molecule has 14 N–H and O–H groups in total. The van der Waals surface area contributed by atoms with Crippen molar-refractivity contribution in [2.24, 2.45) is 40.4 Å². The van der Waals surface area contributed by atoms with Crippen molar-refractivity contribution in [2.75, 3.05) is 0 Å². The van der Waals surface area contributed by atoms with Gasteiger partial charge < -0.3 is 114 Å². The molecule has 0 bridgehead atoms. The maximum atomic E-state index is 12.5. The molecule has 0 radical (unpaired) electrons. The third kappa shape index (κ3) is 13.4. The summed E-state index contributed by atoms with van der Waals surface area (Å²) in [6.45, 7) is 17.4. The molecule has 35 atom stereocenters. The SMILES string of the molecule is CC(C)CCCC(C)(O)C1C(O)CC2C3CC(OC4OC(C)C(O)C(OC5OC(C)C(OC6OC(C)C(O)C(O)C6OC6OC(C)C(O)C(O)C6O)C(O)C5OC5OC(C)C(O)C(O)C5O)C4O)C4CC(OS(=O)(=O)O)CCC4(C)C3=CCC21C. The van der Waals surface area contributed by atoms with E-state index in [1.807, 2.05) is 6.92 Å². The van der Waals surface area contributed by atoms with Crippen LogP contribution in [-0.4, -0.2) is 257 Å². The van der Waals surface area contributed by atoms with Gasteiger partial charge in [-0.3, -0.25) is 4.55 Å². The first-order chi connectivity index (χ1) is 39.6. The number of ether oxygens (including phenoxy) is 10. The average molecular weight is 1250 g/mol. The van der Waals surface area contributed by atoms with Crippen LogP contribution >= 0.6 is 0 Å². The molecule has 0 spiro atoms. The number of rotatable bonds is 17. The Hall–Kier alpha value is -1.31. The van der Waals surface area contributed by atoms with Gasteiger partial charge in [-0.05, 0) is 121 Å².